The Hall–Kier alpha value is -0.910. The van der Waals surface area contributed by atoms with Crippen LogP contribution in [0, 0.1) is 0 Å². The number of nitrogens with zero attached hydrogens (tertiary/aromatic N) is 2. The molecule has 1 aromatic heterocycles. The van der Waals surface area contributed by atoms with E-state index in [1.165, 1.54) is 12.8 Å². The fourth-order valence-electron chi connectivity index (χ4n) is 3.44. The molecule has 21 heavy (non-hydrogen) atoms. The van der Waals surface area contributed by atoms with Crippen molar-refractivity contribution in [2.75, 3.05) is 26.4 Å². The predicted octanol–water partition coefficient (Wildman–Crippen LogP) is 1.98. The summed E-state index contributed by atoms with van der Waals surface area (Å²) in [5.41, 5.74) is 0.102. The number of aromatic nitrogens is 2. The summed E-state index contributed by atoms with van der Waals surface area (Å²) in [5.74, 6) is 0. The average molecular weight is 293 g/mol. The first-order valence-electron chi connectivity index (χ1n) is 8.27. The molecule has 1 atom stereocenters. The van der Waals surface area contributed by atoms with Crippen LogP contribution in [0.5, 0.6) is 0 Å². The number of ether oxygens (including phenoxy) is 2. The van der Waals surface area contributed by atoms with Crippen molar-refractivity contribution in [1.82, 2.24) is 14.9 Å². The minimum Gasteiger partial charge on any atom is -0.381 e. The zero-order valence-corrected chi connectivity index (χ0v) is 12.8. The molecule has 2 fully saturated rings. The van der Waals surface area contributed by atoms with Gasteiger partial charge >= 0.3 is 0 Å². The van der Waals surface area contributed by atoms with E-state index in [-0.39, 0.29) is 5.60 Å². The Bertz CT molecular complexity index is 396. The van der Waals surface area contributed by atoms with Crippen LogP contribution in [-0.4, -0.2) is 47.6 Å². The first-order valence-corrected chi connectivity index (χ1v) is 8.27. The quantitative estimate of drug-likeness (QED) is 0.815. The van der Waals surface area contributed by atoms with Crippen LogP contribution in [0.25, 0.3) is 0 Å². The maximum atomic E-state index is 6.08. The Labute approximate surface area is 127 Å². The van der Waals surface area contributed by atoms with E-state index in [0.717, 1.165) is 58.6 Å². The fourth-order valence-corrected chi connectivity index (χ4v) is 3.44. The van der Waals surface area contributed by atoms with Crippen LogP contribution in [0.4, 0.5) is 0 Å². The molecule has 1 unspecified atom stereocenters. The van der Waals surface area contributed by atoms with Crippen LogP contribution < -0.4 is 5.32 Å². The first kappa shape index (κ1) is 15.0. The van der Waals surface area contributed by atoms with Crippen molar-refractivity contribution >= 4 is 0 Å². The van der Waals surface area contributed by atoms with Gasteiger partial charge in [-0.2, -0.15) is 0 Å². The summed E-state index contributed by atoms with van der Waals surface area (Å²) in [5, 5.41) is 3.73. The van der Waals surface area contributed by atoms with Crippen molar-refractivity contribution in [2.24, 2.45) is 0 Å². The molecule has 5 nitrogen and oxygen atoms in total. The van der Waals surface area contributed by atoms with Gasteiger partial charge in [0.15, 0.2) is 0 Å². The van der Waals surface area contributed by atoms with Gasteiger partial charge in [-0.3, -0.25) is 0 Å². The third-order valence-electron chi connectivity index (χ3n) is 4.73. The zero-order valence-electron chi connectivity index (χ0n) is 12.8. The SMILES string of the molecule is c1cn(CCCCNC2CCOC3(CCOCC3)C2)cn1. The van der Waals surface area contributed by atoms with Crippen LogP contribution in [0.2, 0.25) is 0 Å². The van der Waals surface area contributed by atoms with Gasteiger partial charge in [0.2, 0.25) is 0 Å². The molecule has 2 aliphatic rings. The lowest BCUT2D eigenvalue weighted by Crippen LogP contribution is -2.50. The third kappa shape index (κ3) is 4.28. The lowest BCUT2D eigenvalue weighted by atomic mass is 9.84. The van der Waals surface area contributed by atoms with Gasteiger partial charge in [0.05, 0.1) is 11.9 Å². The molecule has 118 valence electrons. The summed E-state index contributed by atoms with van der Waals surface area (Å²) in [7, 11) is 0. The van der Waals surface area contributed by atoms with E-state index in [9.17, 15) is 0 Å². The predicted molar refractivity (Wildman–Crippen MR) is 81.2 cm³/mol. The second-order valence-corrected chi connectivity index (χ2v) is 6.30. The van der Waals surface area contributed by atoms with Gasteiger partial charge in [0.25, 0.3) is 0 Å². The minimum absolute atomic E-state index is 0.102. The molecule has 5 heteroatoms. The van der Waals surface area contributed by atoms with Crippen LogP contribution >= 0.6 is 0 Å². The number of rotatable bonds is 6. The molecular weight excluding hydrogens is 266 g/mol. The van der Waals surface area contributed by atoms with Gasteiger partial charge in [0.1, 0.15) is 0 Å². The highest BCUT2D eigenvalue weighted by atomic mass is 16.5. The van der Waals surface area contributed by atoms with E-state index in [1.54, 1.807) is 0 Å². The Morgan fingerprint density at radius 2 is 2.14 bits per heavy atom. The molecule has 0 radical (unpaired) electrons. The molecule has 1 aromatic rings. The minimum atomic E-state index is 0.102. The smallest absolute Gasteiger partial charge is 0.0945 e. The van der Waals surface area contributed by atoms with Crippen molar-refractivity contribution in [3.63, 3.8) is 0 Å². The monoisotopic (exact) mass is 293 g/mol. The summed E-state index contributed by atoms with van der Waals surface area (Å²) in [4.78, 5) is 4.07. The van der Waals surface area contributed by atoms with Crippen molar-refractivity contribution < 1.29 is 9.47 Å². The van der Waals surface area contributed by atoms with E-state index in [2.05, 4.69) is 14.9 Å². The van der Waals surface area contributed by atoms with Crippen molar-refractivity contribution in [1.29, 1.82) is 0 Å². The molecule has 0 amide bonds. The average Bonchev–Trinajstić information content (AvgIpc) is 3.01. The van der Waals surface area contributed by atoms with Gasteiger partial charge in [-0.1, -0.05) is 0 Å². The maximum Gasteiger partial charge on any atom is 0.0945 e. The summed E-state index contributed by atoms with van der Waals surface area (Å²) >= 11 is 0. The van der Waals surface area contributed by atoms with E-state index in [0.29, 0.717) is 6.04 Å². The van der Waals surface area contributed by atoms with Crippen molar-refractivity contribution in [3.8, 4) is 0 Å². The molecule has 0 aromatic carbocycles. The number of nitrogens with one attached hydrogen (secondary N) is 1. The lowest BCUT2D eigenvalue weighted by Gasteiger charge is -2.43. The van der Waals surface area contributed by atoms with E-state index >= 15 is 0 Å². The van der Waals surface area contributed by atoms with E-state index < -0.39 is 0 Å². The number of aryl methyl sites for hydroxylation is 1. The second kappa shape index (κ2) is 7.38. The topological polar surface area (TPSA) is 48.3 Å². The highest BCUT2D eigenvalue weighted by Gasteiger charge is 2.38. The summed E-state index contributed by atoms with van der Waals surface area (Å²) in [6.07, 6.45) is 12.6. The molecule has 2 saturated heterocycles. The van der Waals surface area contributed by atoms with Crippen LogP contribution in [0.3, 0.4) is 0 Å². The number of hydrogen-bond acceptors (Lipinski definition) is 4. The number of imidazole rings is 1. The molecule has 1 spiro atoms. The molecule has 3 rings (SSSR count). The lowest BCUT2D eigenvalue weighted by molar-refractivity contribution is -0.140. The first-order chi connectivity index (χ1) is 10.4. The maximum absolute atomic E-state index is 6.08. The Morgan fingerprint density at radius 3 is 2.95 bits per heavy atom. The molecule has 3 heterocycles. The zero-order chi connectivity index (χ0) is 14.4. The summed E-state index contributed by atoms with van der Waals surface area (Å²) in [6, 6.07) is 0.616. The Kier molecular flexibility index (Phi) is 5.27. The molecule has 0 saturated carbocycles. The largest absolute Gasteiger partial charge is 0.381 e. The summed E-state index contributed by atoms with van der Waals surface area (Å²) < 4.78 is 13.7. The molecule has 2 aliphatic heterocycles. The molecule has 0 aliphatic carbocycles. The standard InChI is InChI=1S/C16H27N3O2/c1(2-8-19-9-7-17-14-19)6-18-15-3-10-21-16(13-15)4-11-20-12-5-16/h7,9,14-15,18H,1-6,8,10-13H2. The molecular formula is C16H27N3O2. The van der Waals surface area contributed by atoms with Gasteiger partial charge in [0, 0.05) is 44.8 Å². The second-order valence-electron chi connectivity index (χ2n) is 6.30. The van der Waals surface area contributed by atoms with Gasteiger partial charge in [-0.05, 0) is 45.1 Å². The number of hydrogen-bond donors (Lipinski definition) is 1. The van der Waals surface area contributed by atoms with Crippen LogP contribution in [-0.2, 0) is 16.0 Å². The van der Waals surface area contributed by atoms with Gasteiger partial charge in [-0.25, -0.2) is 4.98 Å². The van der Waals surface area contributed by atoms with Crippen molar-refractivity contribution in [2.45, 2.75) is 56.7 Å². The third-order valence-corrected chi connectivity index (χ3v) is 4.73. The van der Waals surface area contributed by atoms with Crippen LogP contribution in [0.15, 0.2) is 18.7 Å². The van der Waals surface area contributed by atoms with E-state index in [1.807, 2.05) is 18.7 Å². The highest BCUT2D eigenvalue weighted by molar-refractivity contribution is 4.91. The highest BCUT2D eigenvalue weighted by Crippen LogP contribution is 2.34. The van der Waals surface area contributed by atoms with Crippen LogP contribution in [0.1, 0.15) is 38.5 Å². The number of unbranched alkanes of at least 4 members (excludes halogenated alkanes) is 1. The molecule has 1 N–H and O–H groups in total. The van der Waals surface area contributed by atoms with E-state index in [4.69, 9.17) is 9.47 Å². The molecule has 0 bridgehead atoms. The summed E-state index contributed by atoms with van der Waals surface area (Å²) in [6.45, 7) is 4.78. The normalized spacial score (nSPS) is 25.2. The fraction of sp³-hybridized carbons (Fsp3) is 0.812. The Morgan fingerprint density at radius 1 is 1.24 bits per heavy atom. The van der Waals surface area contributed by atoms with Gasteiger partial charge in [-0.15, -0.1) is 0 Å². The van der Waals surface area contributed by atoms with Crippen molar-refractivity contribution in [3.05, 3.63) is 18.7 Å². The Balaban J connectivity index is 1.33. The van der Waals surface area contributed by atoms with Gasteiger partial charge < -0.3 is 19.4 Å².